The van der Waals surface area contributed by atoms with Gasteiger partial charge in [0.15, 0.2) is 0 Å². The quantitative estimate of drug-likeness (QED) is 0.758. The molecule has 2 atom stereocenters. The van der Waals surface area contributed by atoms with E-state index in [2.05, 4.69) is 37.4 Å². The van der Waals surface area contributed by atoms with Gasteiger partial charge in [0.25, 0.3) is 0 Å². The molecule has 0 saturated heterocycles. The minimum atomic E-state index is -0.216. The Balaban J connectivity index is 1.93. The number of nitrogens with one attached hydrogen (secondary N) is 1. The van der Waals surface area contributed by atoms with Gasteiger partial charge in [-0.25, -0.2) is 0 Å². The lowest BCUT2D eigenvalue weighted by Gasteiger charge is -2.18. The number of fused-ring (bicyclic) bond motifs is 1. The molecule has 100 valence electrons. The van der Waals surface area contributed by atoms with Gasteiger partial charge in [0.2, 0.25) is 0 Å². The molecule has 0 saturated carbocycles. The summed E-state index contributed by atoms with van der Waals surface area (Å²) in [5.74, 6) is 0.555. The zero-order valence-electron chi connectivity index (χ0n) is 11.6. The van der Waals surface area contributed by atoms with Gasteiger partial charge < -0.3 is 10.4 Å². The first-order chi connectivity index (χ1) is 8.72. The molecule has 2 nitrogen and oxygen atoms in total. The van der Waals surface area contributed by atoms with Gasteiger partial charge in [-0.3, -0.25) is 0 Å². The Morgan fingerprint density at radius 2 is 2.28 bits per heavy atom. The SMILES string of the molecule is CCCNCC(O)CC1CCc2cccc(C)c21. The molecule has 0 fully saturated rings. The number of rotatable bonds is 6. The van der Waals surface area contributed by atoms with Crippen LogP contribution in [0, 0.1) is 6.92 Å². The summed E-state index contributed by atoms with van der Waals surface area (Å²) in [7, 11) is 0. The highest BCUT2D eigenvalue weighted by atomic mass is 16.3. The summed E-state index contributed by atoms with van der Waals surface area (Å²) in [5, 5.41) is 13.4. The number of benzene rings is 1. The minimum Gasteiger partial charge on any atom is -0.392 e. The number of aliphatic hydroxyl groups excluding tert-OH is 1. The van der Waals surface area contributed by atoms with Crippen molar-refractivity contribution in [2.24, 2.45) is 0 Å². The molecule has 1 aromatic rings. The highest BCUT2D eigenvalue weighted by Crippen LogP contribution is 2.38. The van der Waals surface area contributed by atoms with Crippen molar-refractivity contribution in [3.63, 3.8) is 0 Å². The molecule has 2 heteroatoms. The normalized spacial score (nSPS) is 19.8. The number of aliphatic hydroxyl groups is 1. The average molecular weight is 247 g/mol. The molecule has 0 aliphatic heterocycles. The van der Waals surface area contributed by atoms with Crippen LogP contribution in [0.2, 0.25) is 0 Å². The van der Waals surface area contributed by atoms with Crippen LogP contribution >= 0.6 is 0 Å². The van der Waals surface area contributed by atoms with E-state index >= 15 is 0 Å². The van der Waals surface area contributed by atoms with Crippen LogP contribution in [0.4, 0.5) is 0 Å². The van der Waals surface area contributed by atoms with Crippen LogP contribution in [0.5, 0.6) is 0 Å². The van der Waals surface area contributed by atoms with E-state index in [4.69, 9.17) is 0 Å². The monoisotopic (exact) mass is 247 g/mol. The first-order valence-corrected chi connectivity index (χ1v) is 7.19. The van der Waals surface area contributed by atoms with Crippen molar-refractivity contribution in [3.8, 4) is 0 Å². The van der Waals surface area contributed by atoms with E-state index in [0.717, 1.165) is 25.9 Å². The van der Waals surface area contributed by atoms with E-state index in [1.54, 1.807) is 0 Å². The molecule has 0 aromatic heterocycles. The summed E-state index contributed by atoms with van der Waals surface area (Å²) in [6, 6.07) is 6.58. The highest BCUT2D eigenvalue weighted by Gasteiger charge is 2.25. The topological polar surface area (TPSA) is 32.3 Å². The van der Waals surface area contributed by atoms with Crippen LogP contribution < -0.4 is 5.32 Å². The molecule has 18 heavy (non-hydrogen) atoms. The summed E-state index contributed by atoms with van der Waals surface area (Å²) in [4.78, 5) is 0. The standard InChI is InChI=1S/C16H25NO/c1-3-9-17-11-15(18)10-14-8-7-13-6-4-5-12(2)16(13)14/h4-6,14-15,17-18H,3,7-11H2,1-2H3. The maximum absolute atomic E-state index is 10.1. The predicted molar refractivity (Wildman–Crippen MR) is 76.0 cm³/mol. The van der Waals surface area contributed by atoms with Crippen molar-refractivity contribution in [1.82, 2.24) is 5.32 Å². The summed E-state index contributed by atoms with van der Waals surface area (Å²) < 4.78 is 0. The van der Waals surface area contributed by atoms with Crippen molar-refractivity contribution in [2.75, 3.05) is 13.1 Å². The van der Waals surface area contributed by atoms with Crippen molar-refractivity contribution in [1.29, 1.82) is 0 Å². The highest BCUT2D eigenvalue weighted by molar-refractivity contribution is 5.40. The fourth-order valence-corrected chi connectivity index (χ4v) is 3.11. The molecule has 0 spiro atoms. The van der Waals surface area contributed by atoms with Gasteiger partial charge in [0.05, 0.1) is 6.10 Å². The smallest absolute Gasteiger partial charge is 0.0670 e. The molecule has 0 radical (unpaired) electrons. The van der Waals surface area contributed by atoms with Crippen LogP contribution in [0.25, 0.3) is 0 Å². The second-order valence-electron chi connectivity index (χ2n) is 5.48. The number of hydrogen-bond donors (Lipinski definition) is 2. The van der Waals surface area contributed by atoms with E-state index in [-0.39, 0.29) is 6.10 Å². The number of hydrogen-bond acceptors (Lipinski definition) is 2. The molecule has 2 unspecified atom stereocenters. The van der Waals surface area contributed by atoms with Crippen molar-refractivity contribution in [3.05, 3.63) is 34.9 Å². The molecule has 0 bridgehead atoms. The largest absolute Gasteiger partial charge is 0.392 e. The lowest BCUT2D eigenvalue weighted by Crippen LogP contribution is -2.28. The van der Waals surface area contributed by atoms with Crippen LogP contribution in [0.1, 0.15) is 48.8 Å². The van der Waals surface area contributed by atoms with Gasteiger partial charge in [0, 0.05) is 6.54 Å². The van der Waals surface area contributed by atoms with Crippen LogP contribution in [-0.2, 0) is 6.42 Å². The summed E-state index contributed by atoms with van der Waals surface area (Å²) in [6.45, 7) is 6.07. The zero-order chi connectivity index (χ0) is 13.0. The Hall–Kier alpha value is -0.860. The molecule has 1 aliphatic carbocycles. The average Bonchev–Trinajstić information content (AvgIpc) is 2.74. The third kappa shape index (κ3) is 3.12. The Bertz CT molecular complexity index is 389. The Labute approximate surface area is 110 Å². The van der Waals surface area contributed by atoms with Gasteiger partial charge in [-0.15, -0.1) is 0 Å². The van der Waals surface area contributed by atoms with E-state index in [0.29, 0.717) is 5.92 Å². The Kier molecular flexibility index (Phi) is 4.79. The molecular formula is C16H25NO. The second kappa shape index (κ2) is 6.35. The van der Waals surface area contributed by atoms with Crippen LogP contribution in [0.3, 0.4) is 0 Å². The van der Waals surface area contributed by atoms with Gasteiger partial charge in [-0.05, 0) is 61.8 Å². The fourth-order valence-electron chi connectivity index (χ4n) is 3.11. The predicted octanol–water partition coefficient (Wildman–Crippen LogP) is 2.78. The van der Waals surface area contributed by atoms with Gasteiger partial charge in [0.1, 0.15) is 0 Å². The van der Waals surface area contributed by atoms with E-state index in [1.807, 2.05) is 0 Å². The van der Waals surface area contributed by atoms with E-state index in [1.165, 1.54) is 29.5 Å². The molecule has 1 aromatic carbocycles. The molecular weight excluding hydrogens is 222 g/mol. The third-order valence-corrected chi connectivity index (χ3v) is 3.95. The summed E-state index contributed by atoms with van der Waals surface area (Å²) >= 11 is 0. The lowest BCUT2D eigenvalue weighted by molar-refractivity contribution is 0.152. The van der Waals surface area contributed by atoms with E-state index < -0.39 is 0 Å². The molecule has 1 aliphatic rings. The fraction of sp³-hybridized carbons (Fsp3) is 0.625. The maximum atomic E-state index is 10.1. The van der Waals surface area contributed by atoms with Gasteiger partial charge in [-0.2, -0.15) is 0 Å². The number of aryl methyl sites for hydroxylation is 2. The molecule has 0 amide bonds. The third-order valence-electron chi connectivity index (χ3n) is 3.95. The van der Waals surface area contributed by atoms with Crippen molar-refractivity contribution >= 4 is 0 Å². The maximum Gasteiger partial charge on any atom is 0.0670 e. The summed E-state index contributed by atoms with van der Waals surface area (Å²) in [6.07, 6.45) is 4.18. The Morgan fingerprint density at radius 1 is 1.44 bits per heavy atom. The Morgan fingerprint density at radius 3 is 3.06 bits per heavy atom. The lowest BCUT2D eigenvalue weighted by atomic mass is 9.91. The summed E-state index contributed by atoms with van der Waals surface area (Å²) in [5.41, 5.74) is 4.39. The van der Waals surface area contributed by atoms with Crippen LogP contribution in [-0.4, -0.2) is 24.3 Å². The first-order valence-electron chi connectivity index (χ1n) is 7.19. The van der Waals surface area contributed by atoms with E-state index in [9.17, 15) is 5.11 Å². The second-order valence-corrected chi connectivity index (χ2v) is 5.48. The van der Waals surface area contributed by atoms with Gasteiger partial charge in [-0.1, -0.05) is 25.1 Å². The molecule has 2 rings (SSSR count). The molecule has 2 N–H and O–H groups in total. The van der Waals surface area contributed by atoms with Crippen LogP contribution in [0.15, 0.2) is 18.2 Å². The first kappa shape index (κ1) is 13.6. The van der Waals surface area contributed by atoms with Gasteiger partial charge >= 0.3 is 0 Å². The zero-order valence-corrected chi connectivity index (χ0v) is 11.6. The van der Waals surface area contributed by atoms with Crippen molar-refractivity contribution in [2.45, 2.75) is 51.6 Å². The minimum absolute atomic E-state index is 0.216. The van der Waals surface area contributed by atoms with Crippen molar-refractivity contribution < 1.29 is 5.11 Å². The molecule has 0 heterocycles.